The molecule has 1 unspecified atom stereocenters. The zero-order valence-corrected chi connectivity index (χ0v) is 12.5. The van der Waals surface area contributed by atoms with E-state index in [9.17, 15) is 4.39 Å². The summed E-state index contributed by atoms with van der Waals surface area (Å²) >= 11 is 0. The Bertz CT molecular complexity index is 364. The summed E-state index contributed by atoms with van der Waals surface area (Å²) in [6.45, 7) is 6.05. The Hall–Kier alpha value is -0.930. The second-order valence-corrected chi connectivity index (χ2v) is 5.63. The second-order valence-electron chi connectivity index (χ2n) is 5.63. The number of unbranched alkanes of at least 4 members (excludes halogenated alkanes) is 2. The van der Waals surface area contributed by atoms with E-state index in [1.54, 1.807) is 0 Å². The van der Waals surface area contributed by atoms with Crippen molar-refractivity contribution in [1.29, 1.82) is 0 Å². The summed E-state index contributed by atoms with van der Waals surface area (Å²) in [5.74, 6) is -0.186. The molecule has 1 aromatic rings. The van der Waals surface area contributed by atoms with E-state index in [0.29, 0.717) is 6.54 Å². The highest BCUT2D eigenvalue weighted by atomic mass is 19.1. The molecule has 1 aromatic carbocycles. The molecular weight excluding hydrogens is 239 g/mol. The minimum atomic E-state index is -0.186. The third-order valence-electron chi connectivity index (χ3n) is 3.96. The molecule has 0 fully saturated rings. The Morgan fingerprint density at radius 2 is 1.84 bits per heavy atom. The molecular formula is C16H27FN2. The van der Waals surface area contributed by atoms with Crippen molar-refractivity contribution in [2.24, 2.45) is 5.73 Å². The van der Waals surface area contributed by atoms with Crippen LogP contribution in [0.3, 0.4) is 0 Å². The molecule has 0 saturated heterocycles. The first-order valence-electron chi connectivity index (χ1n) is 7.17. The van der Waals surface area contributed by atoms with E-state index in [-0.39, 0.29) is 11.4 Å². The number of benzene rings is 1. The van der Waals surface area contributed by atoms with Crippen LogP contribution < -0.4 is 5.73 Å². The minimum Gasteiger partial charge on any atom is -0.329 e. The summed E-state index contributed by atoms with van der Waals surface area (Å²) in [4.78, 5) is 2.34. The third kappa shape index (κ3) is 4.92. The zero-order chi connectivity index (χ0) is 14.3. The Kier molecular flexibility index (Phi) is 6.46. The van der Waals surface area contributed by atoms with Crippen molar-refractivity contribution in [3.8, 4) is 0 Å². The molecule has 0 aliphatic carbocycles. The molecule has 3 heteroatoms. The van der Waals surface area contributed by atoms with E-state index in [1.807, 2.05) is 12.1 Å². The fraction of sp³-hybridized carbons (Fsp3) is 0.625. The maximum atomic E-state index is 12.9. The Labute approximate surface area is 116 Å². The van der Waals surface area contributed by atoms with Gasteiger partial charge in [0.15, 0.2) is 0 Å². The van der Waals surface area contributed by atoms with Crippen LogP contribution in [0, 0.1) is 5.82 Å². The van der Waals surface area contributed by atoms with Crippen LogP contribution >= 0.6 is 0 Å². The van der Waals surface area contributed by atoms with Crippen LogP contribution in [-0.2, 0) is 6.42 Å². The van der Waals surface area contributed by atoms with Crippen molar-refractivity contribution in [3.05, 3.63) is 35.6 Å². The van der Waals surface area contributed by atoms with Gasteiger partial charge in [-0.15, -0.1) is 0 Å². The zero-order valence-electron chi connectivity index (χ0n) is 12.5. The quantitative estimate of drug-likeness (QED) is 0.732. The molecule has 2 nitrogen and oxygen atoms in total. The smallest absolute Gasteiger partial charge is 0.123 e. The van der Waals surface area contributed by atoms with E-state index >= 15 is 0 Å². The van der Waals surface area contributed by atoms with Gasteiger partial charge in [-0.2, -0.15) is 0 Å². The van der Waals surface area contributed by atoms with Gasteiger partial charge >= 0.3 is 0 Å². The second kappa shape index (κ2) is 7.61. The fourth-order valence-electron chi connectivity index (χ4n) is 2.27. The van der Waals surface area contributed by atoms with Crippen LogP contribution in [0.2, 0.25) is 0 Å². The highest BCUT2D eigenvalue weighted by Gasteiger charge is 2.27. The molecule has 0 aliphatic heterocycles. The molecule has 1 atom stereocenters. The highest BCUT2D eigenvalue weighted by Crippen LogP contribution is 2.19. The lowest BCUT2D eigenvalue weighted by atomic mass is 9.91. The van der Waals surface area contributed by atoms with E-state index < -0.39 is 0 Å². The summed E-state index contributed by atoms with van der Waals surface area (Å²) in [7, 11) is 2.13. The summed E-state index contributed by atoms with van der Waals surface area (Å²) < 4.78 is 12.9. The maximum Gasteiger partial charge on any atom is 0.123 e. The fourth-order valence-corrected chi connectivity index (χ4v) is 2.27. The van der Waals surface area contributed by atoms with Crippen molar-refractivity contribution >= 4 is 0 Å². The summed E-state index contributed by atoms with van der Waals surface area (Å²) in [6.07, 6.45) is 4.53. The molecule has 0 amide bonds. The first-order chi connectivity index (χ1) is 9.01. The van der Waals surface area contributed by atoms with Gasteiger partial charge in [0.1, 0.15) is 5.82 Å². The van der Waals surface area contributed by atoms with E-state index in [0.717, 1.165) is 18.5 Å². The van der Waals surface area contributed by atoms with Gasteiger partial charge in [0, 0.05) is 12.1 Å². The van der Waals surface area contributed by atoms with Crippen molar-refractivity contribution in [2.75, 3.05) is 20.1 Å². The molecule has 0 aliphatic rings. The van der Waals surface area contributed by atoms with E-state index in [1.165, 1.54) is 31.4 Å². The summed E-state index contributed by atoms with van der Waals surface area (Å²) in [5.41, 5.74) is 7.05. The van der Waals surface area contributed by atoms with E-state index in [2.05, 4.69) is 25.8 Å². The largest absolute Gasteiger partial charge is 0.329 e. The van der Waals surface area contributed by atoms with Crippen molar-refractivity contribution in [1.82, 2.24) is 4.90 Å². The SMILES string of the molecule is CCCCCN(C)C(C)(CN)Cc1ccc(F)cc1. The van der Waals surface area contributed by atoms with Crippen molar-refractivity contribution in [3.63, 3.8) is 0 Å². The first-order valence-corrected chi connectivity index (χ1v) is 7.17. The molecule has 108 valence electrons. The molecule has 0 heterocycles. The Morgan fingerprint density at radius 1 is 1.21 bits per heavy atom. The number of nitrogens with two attached hydrogens (primary N) is 1. The lowest BCUT2D eigenvalue weighted by Gasteiger charge is -2.38. The first kappa shape index (κ1) is 16.1. The van der Waals surface area contributed by atoms with Crippen molar-refractivity contribution in [2.45, 2.75) is 45.1 Å². The molecule has 19 heavy (non-hydrogen) atoms. The topological polar surface area (TPSA) is 29.3 Å². The highest BCUT2D eigenvalue weighted by molar-refractivity contribution is 5.19. The van der Waals surface area contributed by atoms with Gasteiger partial charge in [0.2, 0.25) is 0 Å². The van der Waals surface area contributed by atoms with Gasteiger partial charge in [-0.1, -0.05) is 31.9 Å². The van der Waals surface area contributed by atoms with Crippen LogP contribution in [0.5, 0.6) is 0 Å². The average molecular weight is 266 g/mol. The Morgan fingerprint density at radius 3 is 2.37 bits per heavy atom. The molecule has 0 spiro atoms. The lowest BCUT2D eigenvalue weighted by Crippen LogP contribution is -2.51. The normalized spacial score (nSPS) is 14.6. The molecule has 1 rings (SSSR count). The number of hydrogen-bond acceptors (Lipinski definition) is 2. The minimum absolute atomic E-state index is 0.0639. The monoisotopic (exact) mass is 266 g/mol. The molecule has 0 aromatic heterocycles. The number of likely N-dealkylation sites (N-methyl/N-ethyl adjacent to an activating group) is 1. The van der Waals surface area contributed by atoms with Gasteiger partial charge in [-0.05, 0) is 51.1 Å². The number of hydrogen-bond donors (Lipinski definition) is 1. The van der Waals surface area contributed by atoms with Crippen LogP contribution in [0.15, 0.2) is 24.3 Å². The molecule has 0 radical (unpaired) electrons. The summed E-state index contributed by atoms with van der Waals surface area (Å²) in [5, 5.41) is 0. The standard InChI is InChI=1S/C16H27FN2/c1-4-5-6-11-19(3)16(2,13-18)12-14-7-9-15(17)10-8-14/h7-10H,4-6,11-13,18H2,1-3H3. The van der Waals surface area contributed by atoms with Crippen LogP contribution in [0.4, 0.5) is 4.39 Å². The van der Waals surface area contributed by atoms with Gasteiger partial charge in [0.05, 0.1) is 0 Å². The van der Waals surface area contributed by atoms with Gasteiger partial charge in [0.25, 0.3) is 0 Å². The number of nitrogens with zero attached hydrogens (tertiary/aromatic N) is 1. The molecule has 0 saturated carbocycles. The van der Waals surface area contributed by atoms with Crippen molar-refractivity contribution < 1.29 is 4.39 Å². The number of rotatable bonds is 8. The predicted molar refractivity (Wildman–Crippen MR) is 79.7 cm³/mol. The van der Waals surface area contributed by atoms with Crippen LogP contribution in [0.25, 0.3) is 0 Å². The average Bonchev–Trinajstić information content (AvgIpc) is 2.41. The third-order valence-corrected chi connectivity index (χ3v) is 3.96. The number of halogens is 1. The van der Waals surface area contributed by atoms with Crippen LogP contribution in [0.1, 0.15) is 38.7 Å². The summed E-state index contributed by atoms with van der Waals surface area (Å²) in [6, 6.07) is 6.74. The lowest BCUT2D eigenvalue weighted by molar-refractivity contribution is 0.141. The molecule has 2 N–H and O–H groups in total. The van der Waals surface area contributed by atoms with Gasteiger partial charge < -0.3 is 5.73 Å². The van der Waals surface area contributed by atoms with Gasteiger partial charge in [-0.3, -0.25) is 4.90 Å². The maximum absolute atomic E-state index is 12.9. The van der Waals surface area contributed by atoms with Gasteiger partial charge in [-0.25, -0.2) is 4.39 Å². The Balaban J connectivity index is 2.65. The van der Waals surface area contributed by atoms with Crippen LogP contribution in [-0.4, -0.2) is 30.6 Å². The molecule has 0 bridgehead atoms. The van der Waals surface area contributed by atoms with E-state index in [4.69, 9.17) is 5.73 Å². The predicted octanol–water partition coefficient (Wildman–Crippen LogP) is 3.21.